The van der Waals surface area contributed by atoms with Crippen LogP contribution in [-0.4, -0.2) is 42.3 Å². The van der Waals surface area contributed by atoms with Crippen LogP contribution in [0.25, 0.3) is 0 Å². The lowest BCUT2D eigenvalue weighted by Gasteiger charge is -2.23. The molecule has 0 radical (unpaired) electrons. The second-order valence-corrected chi connectivity index (χ2v) is 8.40. The number of hydrogen-bond donors (Lipinski definition) is 0. The van der Waals surface area contributed by atoms with E-state index >= 15 is 0 Å². The van der Waals surface area contributed by atoms with Gasteiger partial charge in [0.2, 0.25) is 0 Å². The Balaban J connectivity index is 1.64. The first-order valence-corrected chi connectivity index (χ1v) is 11.5. The number of rotatable bonds is 10. The molecule has 34 heavy (non-hydrogen) atoms. The van der Waals surface area contributed by atoms with E-state index in [0.29, 0.717) is 36.1 Å². The number of amides is 1. The van der Waals surface area contributed by atoms with Gasteiger partial charge in [0.25, 0.3) is 5.91 Å². The van der Waals surface area contributed by atoms with Gasteiger partial charge in [-0.25, -0.2) is 4.79 Å². The number of ketones is 1. The topological polar surface area (TPSA) is 63.7 Å². The summed E-state index contributed by atoms with van der Waals surface area (Å²) >= 11 is 0. The standard InChI is InChI=1S/C29H31NO4/c1-21-11-4-7-14-24(21)27(31)17-10-18-30(28(32)25-15-8-5-12-22(25)2)19-20-34-29(33)26-16-9-6-13-23(26)3/h4-9,11-16H,10,17-20H2,1-3H3. The van der Waals surface area contributed by atoms with E-state index < -0.39 is 5.97 Å². The maximum atomic E-state index is 13.3. The number of ether oxygens (including phenoxy) is 1. The molecule has 0 saturated heterocycles. The summed E-state index contributed by atoms with van der Waals surface area (Å²) in [4.78, 5) is 40.1. The van der Waals surface area contributed by atoms with Crippen molar-refractivity contribution in [2.24, 2.45) is 0 Å². The van der Waals surface area contributed by atoms with Gasteiger partial charge in [0.05, 0.1) is 12.1 Å². The average Bonchev–Trinajstić information content (AvgIpc) is 2.83. The summed E-state index contributed by atoms with van der Waals surface area (Å²) < 4.78 is 5.47. The third-order valence-corrected chi connectivity index (χ3v) is 5.90. The number of aryl methyl sites for hydroxylation is 3. The van der Waals surface area contributed by atoms with Crippen LogP contribution in [0.15, 0.2) is 72.8 Å². The maximum Gasteiger partial charge on any atom is 0.338 e. The number of carbonyl (C=O) groups excluding carboxylic acids is 3. The quantitative estimate of drug-likeness (QED) is 0.295. The van der Waals surface area contributed by atoms with E-state index in [-0.39, 0.29) is 24.8 Å². The van der Waals surface area contributed by atoms with Crippen LogP contribution < -0.4 is 0 Å². The number of benzene rings is 3. The van der Waals surface area contributed by atoms with E-state index in [1.807, 2.05) is 75.4 Å². The number of carbonyl (C=O) groups is 3. The van der Waals surface area contributed by atoms with E-state index in [1.54, 1.807) is 23.1 Å². The first kappa shape index (κ1) is 24.9. The van der Waals surface area contributed by atoms with Gasteiger partial charge in [0, 0.05) is 24.1 Å². The summed E-state index contributed by atoms with van der Waals surface area (Å²) in [5.41, 5.74) is 4.51. The van der Waals surface area contributed by atoms with Crippen molar-refractivity contribution in [3.63, 3.8) is 0 Å². The molecule has 0 aliphatic rings. The lowest BCUT2D eigenvalue weighted by atomic mass is 10.0. The third kappa shape index (κ3) is 6.41. The Hall–Kier alpha value is -3.73. The van der Waals surface area contributed by atoms with Crippen molar-refractivity contribution in [3.8, 4) is 0 Å². The summed E-state index contributed by atoms with van der Waals surface area (Å²) in [6.45, 7) is 6.40. The molecule has 0 aliphatic heterocycles. The molecule has 0 fully saturated rings. The SMILES string of the molecule is Cc1ccccc1C(=O)CCCN(CCOC(=O)c1ccccc1C)C(=O)c1ccccc1C. The van der Waals surface area contributed by atoms with Gasteiger partial charge in [-0.05, 0) is 56.0 Å². The van der Waals surface area contributed by atoms with Crippen molar-refractivity contribution in [2.75, 3.05) is 19.7 Å². The molecule has 3 aromatic rings. The highest BCUT2D eigenvalue weighted by atomic mass is 16.5. The molecule has 0 saturated carbocycles. The largest absolute Gasteiger partial charge is 0.460 e. The second-order valence-electron chi connectivity index (χ2n) is 8.40. The average molecular weight is 458 g/mol. The summed E-state index contributed by atoms with van der Waals surface area (Å²) in [7, 11) is 0. The molecule has 0 N–H and O–H groups in total. The molecule has 5 heteroatoms. The molecule has 0 unspecified atom stereocenters. The minimum atomic E-state index is -0.406. The fourth-order valence-corrected chi connectivity index (χ4v) is 3.88. The van der Waals surface area contributed by atoms with Crippen molar-refractivity contribution in [1.29, 1.82) is 0 Å². The molecular formula is C29H31NO4. The molecule has 0 aliphatic carbocycles. The number of nitrogens with zero attached hydrogens (tertiary/aromatic N) is 1. The summed E-state index contributed by atoms with van der Waals surface area (Å²) in [5, 5.41) is 0. The van der Waals surface area contributed by atoms with Gasteiger partial charge in [-0.1, -0.05) is 60.7 Å². The Morgan fingerprint density at radius 1 is 0.676 bits per heavy atom. The van der Waals surface area contributed by atoms with Crippen molar-refractivity contribution in [1.82, 2.24) is 4.90 Å². The van der Waals surface area contributed by atoms with Crippen LogP contribution in [0.3, 0.4) is 0 Å². The van der Waals surface area contributed by atoms with Crippen molar-refractivity contribution >= 4 is 17.7 Å². The van der Waals surface area contributed by atoms with Crippen LogP contribution >= 0.6 is 0 Å². The van der Waals surface area contributed by atoms with E-state index in [9.17, 15) is 14.4 Å². The van der Waals surface area contributed by atoms with Crippen molar-refractivity contribution in [3.05, 3.63) is 106 Å². The molecule has 176 valence electrons. The second kappa shape index (κ2) is 11.9. The predicted octanol–water partition coefficient (Wildman–Crippen LogP) is 5.57. The van der Waals surface area contributed by atoms with E-state index in [2.05, 4.69) is 0 Å². The Bertz CT molecular complexity index is 1100. The minimum absolute atomic E-state index is 0.0624. The molecular weight excluding hydrogens is 426 g/mol. The lowest BCUT2D eigenvalue weighted by molar-refractivity contribution is 0.0433. The molecule has 0 aromatic heterocycles. The van der Waals surface area contributed by atoms with Gasteiger partial charge in [-0.2, -0.15) is 0 Å². The molecule has 3 rings (SSSR count). The lowest BCUT2D eigenvalue weighted by Crippen LogP contribution is -2.36. The van der Waals surface area contributed by atoms with Gasteiger partial charge in [-0.15, -0.1) is 0 Å². The van der Waals surface area contributed by atoms with E-state index in [4.69, 9.17) is 4.74 Å². The van der Waals surface area contributed by atoms with Crippen LogP contribution in [0, 0.1) is 20.8 Å². The van der Waals surface area contributed by atoms with E-state index in [0.717, 1.165) is 16.7 Å². The van der Waals surface area contributed by atoms with Gasteiger partial charge in [0.1, 0.15) is 6.61 Å². The maximum absolute atomic E-state index is 13.3. The van der Waals surface area contributed by atoms with Crippen LogP contribution in [0.2, 0.25) is 0 Å². The Labute approximate surface area is 201 Å². The Morgan fingerprint density at radius 2 is 1.18 bits per heavy atom. The Morgan fingerprint density at radius 3 is 1.74 bits per heavy atom. The molecule has 5 nitrogen and oxygen atoms in total. The van der Waals surface area contributed by atoms with Gasteiger partial charge >= 0.3 is 5.97 Å². The predicted molar refractivity (Wildman–Crippen MR) is 133 cm³/mol. The number of Topliss-reactive ketones (excluding diaryl/α,β-unsaturated/α-hetero) is 1. The van der Waals surface area contributed by atoms with Crippen molar-refractivity contribution < 1.29 is 19.1 Å². The molecule has 3 aromatic carbocycles. The smallest absolute Gasteiger partial charge is 0.338 e. The van der Waals surface area contributed by atoms with Gasteiger partial charge in [-0.3, -0.25) is 9.59 Å². The van der Waals surface area contributed by atoms with Gasteiger partial charge in [0.15, 0.2) is 5.78 Å². The molecule has 1 amide bonds. The highest BCUT2D eigenvalue weighted by molar-refractivity contribution is 5.98. The number of hydrogen-bond acceptors (Lipinski definition) is 4. The summed E-state index contributed by atoms with van der Waals surface area (Å²) in [5.74, 6) is -0.475. The fourth-order valence-electron chi connectivity index (χ4n) is 3.88. The first-order valence-electron chi connectivity index (χ1n) is 11.5. The van der Waals surface area contributed by atoms with Gasteiger partial charge < -0.3 is 9.64 Å². The molecule has 0 bridgehead atoms. The molecule has 0 spiro atoms. The highest BCUT2D eigenvalue weighted by Crippen LogP contribution is 2.15. The fraction of sp³-hybridized carbons (Fsp3) is 0.276. The zero-order valence-electron chi connectivity index (χ0n) is 20.0. The van der Waals surface area contributed by atoms with Crippen molar-refractivity contribution in [2.45, 2.75) is 33.6 Å². The van der Waals surface area contributed by atoms with Crippen LogP contribution in [0.1, 0.15) is 60.6 Å². The van der Waals surface area contributed by atoms with Crippen LogP contribution in [-0.2, 0) is 4.74 Å². The first-order chi connectivity index (χ1) is 16.4. The normalized spacial score (nSPS) is 10.6. The van der Waals surface area contributed by atoms with Crippen LogP contribution in [0.4, 0.5) is 0 Å². The molecule has 0 atom stereocenters. The monoisotopic (exact) mass is 457 g/mol. The zero-order valence-corrected chi connectivity index (χ0v) is 20.0. The summed E-state index contributed by atoms with van der Waals surface area (Å²) in [6, 6.07) is 22.2. The minimum Gasteiger partial charge on any atom is -0.460 e. The number of esters is 1. The Kier molecular flexibility index (Phi) is 8.74. The summed E-state index contributed by atoms with van der Waals surface area (Å²) in [6.07, 6.45) is 0.863. The van der Waals surface area contributed by atoms with E-state index in [1.165, 1.54) is 0 Å². The zero-order chi connectivity index (χ0) is 24.5. The van der Waals surface area contributed by atoms with Crippen LogP contribution in [0.5, 0.6) is 0 Å². The highest BCUT2D eigenvalue weighted by Gasteiger charge is 2.19. The molecule has 0 heterocycles. The third-order valence-electron chi connectivity index (χ3n) is 5.90.